The van der Waals surface area contributed by atoms with Crippen molar-refractivity contribution >= 4 is 10.0 Å². The van der Waals surface area contributed by atoms with E-state index >= 15 is 0 Å². The van der Waals surface area contributed by atoms with Crippen LogP contribution in [0, 0.1) is 5.82 Å². The third-order valence-electron chi connectivity index (χ3n) is 3.43. The predicted octanol–water partition coefficient (Wildman–Crippen LogP) is 3.07. The van der Waals surface area contributed by atoms with Crippen LogP contribution in [0.5, 0.6) is 0 Å². The SMILES string of the molecule is CCCN(Cc1nnc(-c2ccco2)o1)S(=O)(=O)c1ccc(F)cc1. The highest BCUT2D eigenvalue weighted by Gasteiger charge is 2.26. The van der Waals surface area contributed by atoms with Gasteiger partial charge in [0.25, 0.3) is 5.89 Å². The third kappa shape index (κ3) is 3.77. The summed E-state index contributed by atoms with van der Waals surface area (Å²) >= 11 is 0. The van der Waals surface area contributed by atoms with Crippen LogP contribution in [0.15, 0.2) is 56.4 Å². The Morgan fingerprint density at radius 3 is 2.56 bits per heavy atom. The second-order valence-electron chi connectivity index (χ2n) is 5.27. The Balaban J connectivity index is 1.85. The summed E-state index contributed by atoms with van der Waals surface area (Å²) < 4.78 is 50.5. The second-order valence-corrected chi connectivity index (χ2v) is 7.21. The van der Waals surface area contributed by atoms with E-state index < -0.39 is 15.8 Å². The number of furan rings is 1. The van der Waals surface area contributed by atoms with Gasteiger partial charge in [0.1, 0.15) is 5.82 Å². The van der Waals surface area contributed by atoms with Crippen LogP contribution in [0.1, 0.15) is 19.2 Å². The zero-order valence-electron chi connectivity index (χ0n) is 13.4. The molecule has 0 unspecified atom stereocenters. The van der Waals surface area contributed by atoms with Gasteiger partial charge < -0.3 is 8.83 Å². The van der Waals surface area contributed by atoms with Gasteiger partial charge >= 0.3 is 0 Å². The quantitative estimate of drug-likeness (QED) is 0.639. The first kappa shape index (κ1) is 17.3. The maximum absolute atomic E-state index is 13.1. The van der Waals surface area contributed by atoms with Crippen molar-refractivity contribution in [3.8, 4) is 11.7 Å². The van der Waals surface area contributed by atoms with Gasteiger partial charge in [-0.15, -0.1) is 10.2 Å². The number of hydrogen-bond donors (Lipinski definition) is 0. The van der Waals surface area contributed by atoms with Gasteiger partial charge in [0.05, 0.1) is 17.7 Å². The van der Waals surface area contributed by atoms with Gasteiger partial charge in [-0.1, -0.05) is 6.92 Å². The lowest BCUT2D eigenvalue weighted by molar-refractivity contribution is 0.355. The average molecular weight is 365 g/mol. The molecule has 0 bridgehead atoms. The first-order valence-corrected chi connectivity index (χ1v) is 9.06. The monoisotopic (exact) mass is 365 g/mol. The zero-order chi connectivity index (χ0) is 17.9. The minimum Gasteiger partial charge on any atom is -0.459 e. The van der Waals surface area contributed by atoms with E-state index in [1.807, 2.05) is 6.92 Å². The highest BCUT2D eigenvalue weighted by Crippen LogP contribution is 2.22. The van der Waals surface area contributed by atoms with Crippen LogP contribution in [0.25, 0.3) is 11.7 Å². The number of aromatic nitrogens is 2. The van der Waals surface area contributed by atoms with Gasteiger partial charge in [-0.25, -0.2) is 12.8 Å². The van der Waals surface area contributed by atoms with Crippen LogP contribution in [-0.2, 0) is 16.6 Å². The molecule has 3 rings (SSSR count). The fourth-order valence-corrected chi connectivity index (χ4v) is 3.74. The highest BCUT2D eigenvalue weighted by molar-refractivity contribution is 7.89. The Hall–Kier alpha value is -2.52. The molecule has 132 valence electrons. The normalized spacial score (nSPS) is 12.0. The van der Waals surface area contributed by atoms with E-state index in [0.29, 0.717) is 12.2 Å². The molecule has 1 aromatic carbocycles. The van der Waals surface area contributed by atoms with Crippen LogP contribution >= 0.6 is 0 Å². The summed E-state index contributed by atoms with van der Waals surface area (Å²) in [7, 11) is -3.81. The molecule has 0 fully saturated rings. The van der Waals surface area contributed by atoms with Crippen molar-refractivity contribution in [3.05, 3.63) is 54.4 Å². The van der Waals surface area contributed by atoms with Crippen molar-refractivity contribution in [2.45, 2.75) is 24.8 Å². The van der Waals surface area contributed by atoms with Crippen LogP contribution < -0.4 is 0 Å². The minimum absolute atomic E-state index is 0.00752. The molecule has 0 spiro atoms. The number of halogens is 1. The van der Waals surface area contributed by atoms with Gasteiger partial charge in [-0.2, -0.15) is 4.31 Å². The van der Waals surface area contributed by atoms with E-state index in [2.05, 4.69) is 10.2 Å². The first-order chi connectivity index (χ1) is 12.0. The highest BCUT2D eigenvalue weighted by atomic mass is 32.2. The molecule has 0 aliphatic heterocycles. The fourth-order valence-electron chi connectivity index (χ4n) is 2.26. The molecule has 0 aliphatic carbocycles. The van der Waals surface area contributed by atoms with Gasteiger partial charge in [0, 0.05) is 6.54 Å². The van der Waals surface area contributed by atoms with E-state index in [9.17, 15) is 12.8 Å². The molecule has 25 heavy (non-hydrogen) atoms. The largest absolute Gasteiger partial charge is 0.459 e. The molecule has 0 saturated heterocycles. The van der Waals surface area contributed by atoms with Crippen molar-refractivity contribution in [3.63, 3.8) is 0 Å². The summed E-state index contributed by atoms with van der Waals surface area (Å²) in [4.78, 5) is 0.00752. The topological polar surface area (TPSA) is 89.4 Å². The van der Waals surface area contributed by atoms with E-state index in [4.69, 9.17) is 8.83 Å². The average Bonchev–Trinajstić information content (AvgIpc) is 3.26. The predicted molar refractivity (Wildman–Crippen MR) is 86.3 cm³/mol. The lowest BCUT2D eigenvalue weighted by Crippen LogP contribution is -2.31. The molecule has 2 heterocycles. The molecule has 3 aromatic rings. The van der Waals surface area contributed by atoms with Crippen molar-refractivity contribution in [1.29, 1.82) is 0 Å². The summed E-state index contributed by atoms with van der Waals surface area (Å²) in [6.07, 6.45) is 2.07. The Labute approximate surface area is 144 Å². The Kier molecular flexibility index (Phi) is 4.95. The summed E-state index contributed by atoms with van der Waals surface area (Å²) in [5.74, 6) is 0.226. The number of sulfonamides is 1. The molecule has 0 aliphatic rings. The third-order valence-corrected chi connectivity index (χ3v) is 5.29. The maximum atomic E-state index is 13.1. The summed E-state index contributed by atoms with van der Waals surface area (Å²) in [5.41, 5.74) is 0. The number of benzene rings is 1. The van der Waals surface area contributed by atoms with Crippen LogP contribution in [0.3, 0.4) is 0 Å². The first-order valence-electron chi connectivity index (χ1n) is 7.62. The van der Waals surface area contributed by atoms with Crippen LogP contribution in [-0.4, -0.2) is 29.5 Å². The number of nitrogens with zero attached hydrogens (tertiary/aromatic N) is 3. The van der Waals surface area contributed by atoms with Gasteiger partial charge in [0.2, 0.25) is 15.9 Å². The summed E-state index contributed by atoms with van der Waals surface area (Å²) in [6, 6.07) is 8.03. The van der Waals surface area contributed by atoms with E-state index in [-0.39, 0.29) is 29.8 Å². The molecular weight excluding hydrogens is 349 g/mol. The Morgan fingerprint density at radius 1 is 1.16 bits per heavy atom. The van der Waals surface area contributed by atoms with E-state index in [0.717, 1.165) is 12.1 Å². The standard InChI is InChI=1S/C16H16FN3O4S/c1-2-9-20(25(21,22)13-7-5-12(17)6-8-13)11-15-18-19-16(24-15)14-4-3-10-23-14/h3-8,10H,2,9,11H2,1H3. The van der Waals surface area contributed by atoms with Crippen molar-refractivity contribution in [2.75, 3.05) is 6.54 Å². The number of hydrogen-bond acceptors (Lipinski definition) is 6. The molecule has 0 amide bonds. The summed E-state index contributed by atoms with van der Waals surface area (Å²) in [5, 5.41) is 7.73. The molecule has 9 heteroatoms. The van der Waals surface area contributed by atoms with Crippen LogP contribution in [0.2, 0.25) is 0 Å². The molecule has 0 radical (unpaired) electrons. The van der Waals surface area contributed by atoms with Crippen molar-refractivity contribution in [1.82, 2.24) is 14.5 Å². The molecule has 7 nitrogen and oxygen atoms in total. The van der Waals surface area contributed by atoms with Crippen molar-refractivity contribution < 1.29 is 21.6 Å². The van der Waals surface area contributed by atoms with Gasteiger partial charge in [-0.05, 0) is 42.8 Å². The second kappa shape index (κ2) is 7.16. The Morgan fingerprint density at radius 2 is 1.92 bits per heavy atom. The summed E-state index contributed by atoms with van der Waals surface area (Å²) in [6.45, 7) is 2.04. The molecule has 0 atom stereocenters. The van der Waals surface area contributed by atoms with Crippen LogP contribution in [0.4, 0.5) is 4.39 Å². The lowest BCUT2D eigenvalue weighted by Gasteiger charge is -2.19. The molecular formula is C16H16FN3O4S. The molecule has 0 N–H and O–H groups in total. The lowest BCUT2D eigenvalue weighted by atomic mass is 10.4. The van der Waals surface area contributed by atoms with Gasteiger partial charge in [0.15, 0.2) is 5.76 Å². The molecule has 0 saturated carbocycles. The van der Waals surface area contributed by atoms with E-state index in [1.54, 1.807) is 12.1 Å². The number of rotatable bonds is 7. The molecule has 2 aromatic heterocycles. The van der Waals surface area contributed by atoms with Gasteiger partial charge in [-0.3, -0.25) is 0 Å². The smallest absolute Gasteiger partial charge is 0.283 e. The van der Waals surface area contributed by atoms with Crippen molar-refractivity contribution in [2.24, 2.45) is 0 Å². The fraction of sp³-hybridized carbons (Fsp3) is 0.250. The Bertz CT molecular complexity index is 921. The zero-order valence-corrected chi connectivity index (χ0v) is 14.2. The minimum atomic E-state index is -3.81. The maximum Gasteiger partial charge on any atom is 0.283 e. The van der Waals surface area contributed by atoms with E-state index in [1.165, 1.54) is 22.7 Å².